The Hall–Kier alpha value is -0.790. The monoisotopic (exact) mass is 366 g/mol. The zero-order chi connectivity index (χ0) is 14.2. The van der Waals surface area contributed by atoms with E-state index in [1.807, 2.05) is 0 Å². The minimum atomic E-state index is 0. The first kappa shape index (κ1) is 18.3. The third kappa shape index (κ3) is 7.15. The molecule has 0 heterocycles. The lowest BCUT2D eigenvalue weighted by Crippen LogP contribution is -2.00. The maximum Gasteiger partial charge on any atom is 0.0175 e. The molecule has 0 saturated carbocycles. The Labute approximate surface area is 143 Å². The summed E-state index contributed by atoms with van der Waals surface area (Å²) < 4.78 is 1.16. The maximum absolute atomic E-state index is 3.49. The molecule has 21 heavy (non-hydrogen) atoms. The van der Waals surface area contributed by atoms with Crippen LogP contribution in [0.2, 0.25) is 0 Å². The molecule has 0 fully saturated rings. The Morgan fingerprint density at radius 3 is 2.19 bits per heavy atom. The second-order valence-electron chi connectivity index (χ2n) is 5.67. The molecule has 0 aromatic heterocycles. The molecule has 114 valence electrons. The minimum Gasteiger partial charge on any atom is -0.147 e. The van der Waals surface area contributed by atoms with Gasteiger partial charge in [-0.1, -0.05) is 78.2 Å². The van der Waals surface area contributed by atoms with Gasteiger partial charge in [0, 0.05) is 4.47 Å². The van der Waals surface area contributed by atoms with Gasteiger partial charge >= 0.3 is 0 Å². The average Bonchev–Trinajstić information content (AvgIpc) is 2.47. The van der Waals surface area contributed by atoms with Crippen LogP contribution in [0.3, 0.4) is 0 Å². The van der Waals surface area contributed by atoms with Gasteiger partial charge in [0.15, 0.2) is 0 Å². The molecular formula is C19H24BrCl. The maximum atomic E-state index is 3.49. The molecule has 2 rings (SSSR count). The fourth-order valence-electron chi connectivity index (χ4n) is 2.59. The first-order valence-corrected chi connectivity index (χ1v) is 8.31. The quantitative estimate of drug-likeness (QED) is 0.492. The molecule has 2 heteroatoms. The third-order valence-corrected chi connectivity index (χ3v) is 4.28. The number of hydrogen-bond donors (Lipinski definition) is 0. The molecule has 1 unspecified atom stereocenters. The van der Waals surface area contributed by atoms with Crippen molar-refractivity contribution in [3.05, 3.63) is 70.2 Å². The molecule has 0 spiro atoms. The molecule has 0 bridgehead atoms. The van der Waals surface area contributed by atoms with Crippen LogP contribution in [0, 0.1) is 5.92 Å². The molecule has 0 aliphatic rings. The van der Waals surface area contributed by atoms with E-state index in [-0.39, 0.29) is 12.4 Å². The van der Waals surface area contributed by atoms with E-state index < -0.39 is 0 Å². The summed E-state index contributed by atoms with van der Waals surface area (Å²) >= 11 is 3.49. The largest absolute Gasteiger partial charge is 0.147 e. The number of hydrogen-bond acceptors (Lipinski definition) is 0. The van der Waals surface area contributed by atoms with Crippen molar-refractivity contribution in [2.24, 2.45) is 5.92 Å². The summed E-state index contributed by atoms with van der Waals surface area (Å²) in [5.74, 6) is 0.770. The van der Waals surface area contributed by atoms with Crippen molar-refractivity contribution in [3.8, 4) is 0 Å². The fraction of sp³-hybridized carbons (Fsp3) is 0.368. The lowest BCUT2D eigenvalue weighted by atomic mass is 9.95. The lowest BCUT2D eigenvalue weighted by molar-refractivity contribution is 0.495. The number of halogens is 2. The van der Waals surface area contributed by atoms with E-state index in [2.05, 4.69) is 77.5 Å². The van der Waals surface area contributed by atoms with E-state index in [1.54, 1.807) is 0 Å². The van der Waals surface area contributed by atoms with E-state index in [4.69, 9.17) is 0 Å². The van der Waals surface area contributed by atoms with Gasteiger partial charge in [0.1, 0.15) is 0 Å². The first-order valence-electron chi connectivity index (χ1n) is 7.52. The number of unbranched alkanes of at least 4 members (excludes halogenated alkanes) is 1. The minimum absolute atomic E-state index is 0. The normalized spacial score (nSPS) is 11.7. The molecule has 0 aliphatic heterocycles. The van der Waals surface area contributed by atoms with Crippen molar-refractivity contribution >= 4 is 28.3 Å². The zero-order valence-electron chi connectivity index (χ0n) is 12.6. The number of aryl methyl sites for hydroxylation is 1. The number of rotatable bonds is 7. The van der Waals surface area contributed by atoms with Crippen LogP contribution < -0.4 is 0 Å². The molecule has 2 aromatic carbocycles. The van der Waals surface area contributed by atoms with Crippen LogP contribution in [0.5, 0.6) is 0 Å². The van der Waals surface area contributed by atoms with Gasteiger partial charge in [-0.2, -0.15) is 0 Å². The van der Waals surface area contributed by atoms with E-state index in [9.17, 15) is 0 Å². The van der Waals surface area contributed by atoms with Crippen molar-refractivity contribution in [1.29, 1.82) is 0 Å². The van der Waals surface area contributed by atoms with Crippen molar-refractivity contribution in [1.82, 2.24) is 0 Å². The van der Waals surface area contributed by atoms with Crippen LogP contribution in [-0.4, -0.2) is 0 Å². The average molecular weight is 368 g/mol. The van der Waals surface area contributed by atoms with Crippen LogP contribution >= 0.6 is 28.3 Å². The number of benzene rings is 2. The van der Waals surface area contributed by atoms with E-state index in [1.165, 1.54) is 43.2 Å². The standard InChI is InChI=1S/C19H23Br.ClH/c1-16(15-18-11-13-19(20)14-12-18)7-5-6-10-17-8-3-2-4-9-17;/h2-4,8-9,11-14,16H,5-7,10,15H2,1H3;1H. The van der Waals surface area contributed by atoms with Crippen LogP contribution in [0.25, 0.3) is 0 Å². The van der Waals surface area contributed by atoms with E-state index in [0.717, 1.165) is 10.4 Å². The van der Waals surface area contributed by atoms with Crippen LogP contribution in [-0.2, 0) is 12.8 Å². The zero-order valence-corrected chi connectivity index (χ0v) is 15.0. The van der Waals surface area contributed by atoms with Gasteiger partial charge in [-0.15, -0.1) is 12.4 Å². The van der Waals surface area contributed by atoms with Gasteiger partial charge in [-0.3, -0.25) is 0 Å². The van der Waals surface area contributed by atoms with E-state index >= 15 is 0 Å². The SMILES string of the molecule is CC(CCCCc1ccccc1)Cc1ccc(Br)cc1.Cl. The summed E-state index contributed by atoms with van der Waals surface area (Å²) in [6.45, 7) is 2.37. The Kier molecular flexibility index (Phi) is 8.72. The van der Waals surface area contributed by atoms with Gasteiger partial charge in [0.2, 0.25) is 0 Å². The molecule has 1 atom stereocenters. The van der Waals surface area contributed by atoms with Crippen molar-refractivity contribution in [2.45, 2.75) is 39.0 Å². The van der Waals surface area contributed by atoms with Crippen LogP contribution in [0.4, 0.5) is 0 Å². The fourth-order valence-corrected chi connectivity index (χ4v) is 2.86. The highest BCUT2D eigenvalue weighted by atomic mass is 79.9. The topological polar surface area (TPSA) is 0 Å². The lowest BCUT2D eigenvalue weighted by Gasteiger charge is -2.11. The Morgan fingerprint density at radius 2 is 1.52 bits per heavy atom. The molecule has 0 nitrogen and oxygen atoms in total. The molecule has 0 aliphatic carbocycles. The molecular weight excluding hydrogens is 344 g/mol. The van der Waals surface area contributed by atoms with Crippen molar-refractivity contribution in [3.63, 3.8) is 0 Å². The summed E-state index contributed by atoms with van der Waals surface area (Å²) in [6.07, 6.45) is 6.36. The van der Waals surface area contributed by atoms with Gasteiger partial charge in [0.05, 0.1) is 0 Å². The highest BCUT2D eigenvalue weighted by molar-refractivity contribution is 9.10. The summed E-state index contributed by atoms with van der Waals surface area (Å²) in [4.78, 5) is 0. The Morgan fingerprint density at radius 1 is 0.857 bits per heavy atom. The van der Waals surface area contributed by atoms with Gasteiger partial charge in [-0.25, -0.2) is 0 Å². The molecule has 0 amide bonds. The van der Waals surface area contributed by atoms with Crippen molar-refractivity contribution < 1.29 is 0 Å². The molecule has 0 N–H and O–H groups in total. The summed E-state index contributed by atoms with van der Waals surface area (Å²) in [5.41, 5.74) is 2.91. The highest BCUT2D eigenvalue weighted by Gasteiger charge is 2.04. The smallest absolute Gasteiger partial charge is 0.0175 e. The van der Waals surface area contributed by atoms with Crippen LogP contribution in [0.15, 0.2) is 59.1 Å². The van der Waals surface area contributed by atoms with Gasteiger partial charge in [-0.05, 0) is 48.4 Å². The third-order valence-electron chi connectivity index (χ3n) is 3.75. The van der Waals surface area contributed by atoms with Crippen LogP contribution in [0.1, 0.15) is 37.3 Å². The molecule has 0 radical (unpaired) electrons. The first-order chi connectivity index (χ1) is 9.74. The predicted octanol–water partition coefficient (Wildman–Crippen LogP) is 6.46. The van der Waals surface area contributed by atoms with Gasteiger partial charge < -0.3 is 0 Å². The summed E-state index contributed by atoms with van der Waals surface area (Å²) in [6, 6.07) is 19.5. The predicted molar refractivity (Wildman–Crippen MR) is 98.3 cm³/mol. The summed E-state index contributed by atoms with van der Waals surface area (Å²) in [5, 5.41) is 0. The Bertz CT molecular complexity index is 493. The second kappa shape index (κ2) is 10.0. The summed E-state index contributed by atoms with van der Waals surface area (Å²) in [7, 11) is 0. The highest BCUT2D eigenvalue weighted by Crippen LogP contribution is 2.18. The van der Waals surface area contributed by atoms with Gasteiger partial charge in [0.25, 0.3) is 0 Å². The second-order valence-corrected chi connectivity index (χ2v) is 6.58. The Balaban J connectivity index is 0.00000220. The van der Waals surface area contributed by atoms with Crippen molar-refractivity contribution in [2.75, 3.05) is 0 Å². The molecule has 0 saturated heterocycles. The molecule has 2 aromatic rings. The van der Waals surface area contributed by atoms with E-state index in [0.29, 0.717) is 0 Å².